The van der Waals surface area contributed by atoms with Gasteiger partial charge in [0.15, 0.2) is 0 Å². The predicted octanol–water partition coefficient (Wildman–Crippen LogP) is 6.51. The van der Waals surface area contributed by atoms with Crippen molar-refractivity contribution in [1.29, 1.82) is 5.26 Å². The van der Waals surface area contributed by atoms with Crippen LogP contribution in [-0.2, 0) is 11.8 Å². The predicted molar refractivity (Wildman–Crippen MR) is 122 cm³/mol. The molecule has 0 bridgehead atoms. The van der Waals surface area contributed by atoms with Crippen molar-refractivity contribution in [2.24, 2.45) is 5.92 Å². The molecule has 0 aromatic heterocycles. The highest BCUT2D eigenvalue weighted by Crippen LogP contribution is 2.48. The van der Waals surface area contributed by atoms with E-state index in [0.717, 1.165) is 58.0 Å². The Balaban J connectivity index is 1.74. The van der Waals surface area contributed by atoms with Crippen LogP contribution < -0.4 is 0 Å². The molecule has 2 atom stereocenters. The molecule has 160 valence electrons. The SMILES string of the molecule is CCC(CCC(C#N)(c1ccccc1F)C1CCC1)N(CC)CCc1ccccc1. The first kappa shape index (κ1) is 22.5. The third-order valence-electron chi connectivity index (χ3n) is 7.15. The molecular formula is C27H35FN2. The molecule has 0 N–H and O–H groups in total. The van der Waals surface area contributed by atoms with Crippen LogP contribution in [0.4, 0.5) is 4.39 Å². The molecule has 0 radical (unpaired) electrons. The van der Waals surface area contributed by atoms with Crippen LogP contribution in [0.3, 0.4) is 0 Å². The Morgan fingerprint density at radius 3 is 2.37 bits per heavy atom. The van der Waals surface area contributed by atoms with Gasteiger partial charge in [-0.3, -0.25) is 0 Å². The van der Waals surface area contributed by atoms with Crippen LogP contribution in [-0.4, -0.2) is 24.0 Å². The molecule has 2 aromatic carbocycles. The van der Waals surface area contributed by atoms with Gasteiger partial charge in [-0.05, 0) is 62.6 Å². The van der Waals surface area contributed by atoms with Gasteiger partial charge in [0.1, 0.15) is 5.82 Å². The lowest BCUT2D eigenvalue weighted by molar-refractivity contribution is 0.150. The summed E-state index contributed by atoms with van der Waals surface area (Å²) in [4.78, 5) is 2.54. The van der Waals surface area contributed by atoms with E-state index < -0.39 is 5.41 Å². The van der Waals surface area contributed by atoms with E-state index in [1.165, 1.54) is 11.6 Å². The Labute approximate surface area is 181 Å². The second kappa shape index (κ2) is 10.7. The molecule has 0 amide bonds. The number of likely N-dealkylation sites (N-methyl/N-ethyl adjacent to an activating group) is 1. The van der Waals surface area contributed by atoms with E-state index in [-0.39, 0.29) is 11.7 Å². The Hall–Kier alpha value is -2.18. The number of hydrogen-bond acceptors (Lipinski definition) is 2. The molecule has 1 fully saturated rings. The fourth-order valence-corrected chi connectivity index (χ4v) is 5.05. The van der Waals surface area contributed by atoms with E-state index in [0.29, 0.717) is 11.6 Å². The summed E-state index contributed by atoms with van der Waals surface area (Å²) in [5.74, 6) is 0.0479. The molecule has 2 unspecified atom stereocenters. The molecule has 2 aromatic rings. The zero-order chi connectivity index (χ0) is 21.4. The summed E-state index contributed by atoms with van der Waals surface area (Å²) >= 11 is 0. The third kappa shape index (κ3) is 4.93. The second-order valence-electron chi connectivity index (χ2n) is 8.66. The van der Waals surface area contributed by atoms with Crippen molar-refractivity contribution >= 4 is 0 Å². The second-order valence-corrected chi connectivity index (χ2v) is 8.66. The van der Waals surface area contributed by atoms with E-state index in [4.69, 9.17) is 0 Å². The number of halogens is 1. The summed E-state index contributed by atoms with van der Waals surface area (Å²) in [7, 11) is 0. The maximum Gasteiger partial charge on any atom is 0.128 e. The number of rotatable bonds is 11. The monoisotopic (exact) mass is 406 g/mol. The van der Waals surface area contributed by atoms with Gasteiger partial charge in [-0.1, -0.05) is 68.8 Å². The first-order valence-corrected chi connectivity index (χ1v) is 11.6. The van der Waals surface area contributed by atoms with Crippen molar-refractivity contribution in [3.63, 3.8) is 0 Å². The number of benzene rings is 2. The fourth-order valence-electron chi connectivity index (χ4n) is 5.05. The Morgan fingerprint density at radius 2 is 1.80 bits per heavy atom. The van der Waals surface area contributed by atoms with E-state index in [9.17, 15) is 9.65 Å². The third-order valence-corrected chi connectivity index (χ3v) is 7.15. The van der Waals surface area contributed by atoms with Crippen LogP contribution in [0.2, 0.25) is 0 Å². The zero-order valence-corrected chi connectivity index (χ0v) is 18.5. The van der Waals surface area contributed by atoms with Crippen molar-refractivity contribution in [2.45, 2.75) is 70.3 Å². The van der Waals surface area contributed by atoms with Crippen molar-refractivity contribution in [3.8, 4) is 6.07 Å². The quantitative estimate of drug-likeness (QED) is 0.425. The molecule has 0 heterocycles. The largest absolute Gasteiger partial charge is 0.300 e. The van der Waals surface area contributed by atoms with Crippen LogP contribution in [0.25, 0.3) is 0 Å². The first-order chi connectivity index (χ1) is 14.6. The number of nitrogens with zero attached hydrogens (tertiary/aromatic N) is 2. The van der Waals surface area contributed by atoms with Gasteiger partial charge < -0.3 is 4.90 Å². The molecule has 0 aliphatic heterocycles. The summed E-state index contributed by atoms with van der Waals surface area (Å²) in [6.07, 6.45) is 6.95. The highest BCUT2D eigenvalue weighted by atomic mass is 19.1. The standard InChI is InChI=1S/C27H35FN2/c1-3-24(30(4-2)20-18-22-11-6-5-7-12-22)17-19-27(21-29,23-13-10-14-23)25-15-8-9-16-26(25)28/h5-9,11-12,15-16,23-24H,3-4,10,13-14,17-20H2,1-2H3. The average molecular weight is 407 g/mol. The van der Waals surface area contributed by atoms with Gasteiger partial charge in [0, 0.05) is 18.2 Å². The molecule has 0 saturated heterocycles. The normalized spacial score (nSPS) is 17.2. The summed E-state index contributed by atoms with van der Waals surface area (Å²) in [5.41, 5.74) is 1.27. The van der Waals surface area contributed by atoms with Crippen LogP contribution >= 0.6 is 0 Å². The fraction of sp³-hybridized carbons (Fsp3) is 0.519. The van der Waals surface area contributed by atoms with Gasteiger partial charge in [0.25, 0.3) is 0 Å². The molecule has 1 saturated carbocycles. The minimum absolute atomic E-state index is 0.226. The minimum atomic E-state index is -0.699. The maximum absolute atomic E-state index is 14.8. The maximum atomic E-state index is 14.8. The molecule has 3 heteroatoms. The van der Waals surface area contributed by atoms with Gasteiger partial charge in [-0.25, -0.2) is 4.39 Å². The van der Waals surface area contributed by atoms with E-state index in [1.54, 1.807) is 6.07 Å². The molecular weight excluding hydrogens is 371 g/mol. The van der Waals surface area contributed by atoms with Gasteiger partial charge in [0.2, 0.25) is 0 Å². The smallest absolute Gasteiger partial charge is 0.128 e. The van der Waals surface area contributed by atoms with Crippen molar-refractivity contribution in [3.05, 3.63) is 71.5 Å². The summed E-state index contributed by atoms with van der Waals surface area (Å²) in [5, 5.41) is 10.3. The average Bonchev–Trinajstić information content (AvgIpc) is 2.75. The summed E-state index contributed by atoms with van der Waals surface area (Å²) < 4.78 is 14.8. The van der Waals surface area contributed by atoms with Crippen LogP contribution in [0.1, 0.15) is 63.5 Å². The topological polar surface area (TPSA) is 27.0 Å². The summed E-state index contributed by atoms with van der Waals surface area (Å²) in [6, 6.07) is 20.6. The van der Waals surface area contributed by atoms with Crippen LogP contribution in [0.15, 0.2) is 54.6 Å². The van der Waals surface area contributed by atoms with E-state index in [2.05, 4.69) is 55.1 Å². The van der Waals surface area contributed by atoms with Gasteiger partial charge >= 0.3 is 0 Å². The number of nitriles is 1. The summed E-state index contributed by atoms with van der Waals surface area (Å²) in [6.45, 7) is 6.46. The highest BCUT2D eigenvalue weighted by Gasteiger charge is 2.45. The lowest BCUT2D eigenvalue weighted by atomic mass is 9.60. The first-order valence-electron chi connectivity index (χ1n) is 11.6. The molecule has 0 spiro atoms. The Morgan fingerprint density at radius 1 is 1.10 bits per heavy atom. The van der Waals surface area contributed by atoms with Gasteiger partial charge in [0.05, 0.1) is 11.5 Å². The minimum Gasteiger partial charge on any atom is -0.300 e. The molecule has 1 aliphatic rings. The Kier molecular flexibility index (Phi) is 8.05. The van der Waals surface area contributed by atoms with Crippen molar-refractivity contribution in [1.82, 2.24) is 4.90 Å². The lowest BCUT2D eigenvalue weighted by Crippen LogP contribution is -2.42. The van der Waals surface area contributed by atoms with Crippen molar-refractivity contribution < 1.29 is 4.39 Å². The molecule has 1 aliphatic carbocycles. The molecule has 2 nitrogen and oxygen atoms in total. The molecule has 3 rings (SSSR count). The van der Waals surface area contributed by atoms with Gasteiger partial charge in [-0.15, -0.1) is 0 Å². The lowest BCUT2D eigenvalue weighted by Gasteiger charge is -2.42. The zero-order valence-electron chi connectivity index (χ0n) is 18.5. The van der Waals surface area contributed by atoms with E-state index in [1.807, 2.05) is 12.1 Å². The van der Waals surface area contributed by atoms with Crippen molar-refractivity contribution in [2.75, 3.05) is 13.1 Å². The van der Waals surface area contributed by atoms with E-state index >= 15 is 0 Å². The Bertz CT molecular complexity index is 824. The van der Waals surface area contributed by atoms with Crippen LogP contribution in [0, 0.1) is 23.1 Å². The molecule has 30 heavy (non-hydrogen) atoms. The number of hydrogen-bond donors (Lipinski definition) is 0. The van der Waals surface area contributed by atoms with Crippen LogP contribution in [0.5, 0.6) is 0 Å². The highest BCUT2D eigenvalue weighted by molar-refractivity contribution is 5.35. The van der Waals surface area contributed by atoms with Gasteiger partial charge in [-0.2, -0.15) is 5.26 Å².